The molecule has 3 heteroatoms. The van der Waals surface area contributed by atoms with Gasteiger partial charge in [0.05, 0.1) is 0 Å². The highest BCUT2D eigenvalue weighted by molar-refractivity contribution is 5.03. The van der Waals surface area contributed by atoms with Crippen LogP contribution >= 0.6 is 0 Å². The van der Waals surface area contributed by atoms with Crippen molar-refractivity contribution in [2.75, 3.05) is 32.7 Å². The molecule has 2 unspecified atom stereocenters. The van der Waals surface area contributed by atoms with Gasteiger partial charge < -0.3 is 5.73 Å². The number of nitrogens with two attached hydrogens (primary N) is 1. The molecule has 0 spiro atoms. The molecule has 0 amide bonds. The Morgan fingerprint density at radius 1 is 1.39 bits per heavy atom. The molecule has 0 aromatic carbocycles. The highest BCUT2D eigenvalue weighted by atomic mass is 15.3. The van der Waals surface area contributed by atoms with E-state index in [0.717, 1.165) is 25.0 Å². The fourth-order valence-corrected chi connectivity index (χ4v) is 3.36. The maximum absolute atomic E-state index is 6.18. The van der Waals surface area contributed by atoms with Crippen LogP contribution < -0.4 is 5.73 Å². The van der Waals surface area contributed by atoms with Crippen LogP contribution in [-0.4, -0.2) is 54.1 Å². The third kappa shape index (κ3) is 2.89. The summed E-state index contributed by atoms with van der Waals surface area (Å²) in [5, 5.41) is 0. The van der Waals surface area contributed by atoms with Gasteiger partial charge in [-0.25, -0.2) is 0 Å². The van der Waals surface area contributed by atoms with E-state index >= 15 is 0 Å². The van der Waals surface area contributed by atoms with Crippen molar-refractivity contribution in [2.45, 2.75) is 58.0 Å². The molecule has 1 aliphatic heterocycles. The molecule has 2 rings (SSSR count). The monoisotopic (exact) mass is 253 g/mol. The Balaban J connectivity index is 2.00. The van der Waals surface area contributed by atoms with Crippen LogP contribution in [0.15, 0.2) is 0 Å². The van der Waals surface area contributed by atoms with Gasteiger partial charge >= 0.3 is 0 Å². The van der Waals surface area contributed by atoms with Crippen molar-refractivity contribution in [2.24, 2.45) is 11.7 Å². The van der Waals surface area contributed by atoms with Gasteiger partial charge in [-0.2, -0.15) is 0 Å². The first-order valence-corrected chi connectivity index (χ1v) is 7.84. The Morgan fingerprint density at radius 3 is 2.61 bits per heavy atom. The number of hydrogen-bond acceptors (Lipinski definition) is 3. The summed E-state index contributed by atoms with van der Waals surface area (Å²) in [6, 6.07) is 0.890. The highest BCUT2D eigenvalue weighted by Gasteiger charge is 2.45. The molecule has 1 aliphatic carbocycles. The Kier molecular flexibility index (Phi) is 4.68. The van der Waals surface area contributed by atoms with Gasteiger partial charge in [0.1, 0.15) is 0 Å². The van der Waals surface area contributed by atoms with E-state index < -0.39 is 0 Å². The molecule has 1 heterocycles. The maximum Gasteiger partial charge on any atom is 0.0470 e. The van der Waals surface area contributed by atoms with Gasteiger partial charge in [0.2, 0.25) is 0 Å². The number of nitrogens with zero attached hydrogens (tertiary/aromatic N) is 2. The minimum absolute atomic E-state index is 0.265. The second kappa shape index (κ2) is 5.89. The first-order valence-electron chi connectivity index (χ1n) is 7.84. The van der Waals surface area contributed by atoms with Gasteiger partial charge in [-0.1, -0.05) is 27.2 Å². The molecule has 0 radical (unpaired) electrons. The Bertz CT molecular complexity index is 264. The van der Waals surface area contributed by atoms with Crippen LogP contribution in [0.25, 0.3) is 0 Å². The first kappa shape index (κ1) is 14.3. The summed E-state index contributed by atoms with van der Waals surface area (Å²) in [6.07, 6.45) is 5.37. The number of likely N-dealkylation sites (tertiary alicyclic amines) is 1. The predicted molar refractivity (Wildman–Crippen MR) is 77.7 cm³/mol. The molecule has 2 fully saturated rings. The van der Waals surface area contributed by atoms with Crippen molar-refractivity contribution in [3.63, 3.8) is 0 Å². The van der Waals surface area contributed by atoms with Gasteiger partial charge in [-0.05, 0) is 31.7 Å². The lowest BCUT2D eigenvalue weighted by atomic mass is 9.94. The van der Waals surface area contributed by atoms with Crippen molar-refractivity contribution < 1.29 is 0 Å². The molecule has 106 valence electrons. The van der Waals surface area contributed by atoms with E-state index in [0.29, 0.717) is 0 Å². The molecular weight excluding hydrogens is 222 g/mol. The second-order valence-corrected chi connectivity index (χ2v) is 6.43. The summed E-state index contributed by atoms with van der Waals surface area (Å²) in [7, 11) is 0. The number of rotatable bonds is 7. The number of likely N-dealkylation sites (N-methyl/N-ethyl adjacent to an activating group) is 1. The average Bonchev–Trinajstić information content (AvgIpc) is 3.16. The quantitative estimate of drug-likeness (QED) is 0.752. The van der Waals surface area contributed by atoms with Crippen molar-refractivity contribution in [1.29, 1.82) is 0 Å². The summed E-state index contributed by atoms with van der Waals surface area (Å²) in [5.41, 5.74) is 6.44. The van der Waals surface area contributed by atoms with Crippen LogP contribution in [0.2, 0.25) is 0 Å². The average molecular weight is 253 g/mol. The zero-order valence-electron chi connectivity index (χ0n) is 12.5. The topological polar surface area (TPSA) is 32.5 Å². The lowest BCUT2D eigenvalue weighted by molar-refractivity contribution is 0.0869. The van der Waals surface area contributed by atoms with Crippen LogP contribution in [0, 0.1) is 5.92 Å². The van der Waals surface area contributed by atoms with Gasteiger partial charge in [0.15, 0.2) is 0 Å². The van der Waals surface area contributed by atoms with Gasteiger partial charge in [0.25, 0.3) is 0 Å². The molecule has 0 bridgehead atoms. The lowest BCUT2D eigenvalue weighted by Gasteiger charge is -2.41. The van der Waals surface area contributed by atoms with Gasteiger partial charge in [-0.3, -0.25) is 9.80 Å². The van der Waals surface area contributed by atoms with Crippen molar-refractivity contribution in [3.05, 3.63) is 0 Å². The molecule has 3 nitrogen and oxygen atoms in total. The van der Waals surface area contributed by atoms with Crippen molar-refractivity contribution in [3.8, 4) is 0 Å². The fraction of sp³-hybridized carbons (Fsp3) is 1.00. The van der Waals surface area contributed by atoms with Gasteiger partial charge in [-0.15, -0.1) is 0 Å². The molecule has 0 aromatic rings. The minimum atomic E-state index is 0.265. The maximum atomic E-state index is 6.18. The Hall–Kier alpha value is -0.120. The first-order chi connectivity index (χ1) is 8.65. The molecule has 1 saturated carbocycles. The second-order valence-electron chi connectivity index (χ2n) is 6.43. The molecule has 1 saturated heterocycles. The third-order valence-electron chi connectivity index (χ3n) is 5.09. The Morgan fingerprint density at radius 2 is 2.11 bits per heavy atom. The molecule has 2 atom stereocenters. The smallest absolute Gasteiger partial charge is 0.0470 e. The fourth-order valence-electron chi connectivity index (χ4n) is 3.36. The molecule has 18 heavy (non-hydrogen) atoms. The van der Waals surface area contributed by atoms with Crippen LogP contribution in [0.1, 0.15) is 46.5 Å². The largest absolute Gasteiger partial charge is 0.329 e. The summed E-state index contributed by atoms with van der Waals surface area (Å²) >= 11 is 0. The van der Waals surface area contributed by atoms with E-state index in [1.165, 1.54) is 45.3 Å². The van der Waals surface area contributed by atoms with E-state index in [4.69, 9.17) is 5.73 Å². The minimum Gasteiger partial charge on any atom is -0.329 e. The summed E-state index contributed by atoms with van der Waals surface area (Å²) in [6.45, 7) is 12.6. The van der Waals surface area contributed by atoms with Crippen LogP contribution in [0.3, 0.4) is 0 Å². The van der Waals surface area contributed by atoms with Crippen LogP contribution in [0.5, 0.6) is 0 Å². The van der Waals surface area contributed by atoms with Crippen molar-refractivity contribution in [1.82, 2.24) is 9.80 Å². The van der Waals surface area contributed by atoms with E-state index in [-0.39, 0.29) is 5.54 Å². The Labute approximate surface area is 113 Å². The van der Waals surface area contributed by atoms with Gasteiger partial charge in [0, 0.05) is 37.8 Å². The summed E-state index contributed by atoms with van der Waals surface area (Å²) in [5.74, 6) is 0.781. The zero-order valence-corrected chi connectivity index (χ0v) is 12.5. The third-order valence-corrected chi connectivity index (χ3v) is 5.09. The number of hydrogen-bond donors (Lipinski definition) is 1. The summed E-state index contributed by atoms with van der Waals surface area (Å²) < 4.78 is 0. The van der Waals surface area contributed by atoms with E-state index in [1.54, 1.807) is 0 Å². The molecular formula is C15H31N3. The standard InChI is InChI=1S/C15H31N3/c1-4-13(3)10-18(5-2)15(11-16)8-9-17(12-15)14-6-7-14/h13-14H,4-12,16H2,1-3H3. The van der Waals surface area contributed by atoms with E-state index in [2.05, 4.69) is 30.6 Å². The van der Waals surface area contributed by atoms with E-state index in [1.807, 2.05) is 0 Å². The van der Waals surface area contributed by atoms with Crippen molar-refractivity contribution >= 4 is 0 Å². The van der Waals surface area contributed by atoms with E-state index in [9.17, 15) is 0 Å². The van der Waals surface area contributed by atoms with Crippen LogP contribution in [0.4, 0.5) is 0 Å². The zero-order chi connectivity index (χ0) is 13.2. The SMILES string of the molecule is CCC(C)CN(CC)C1(CN)CCN(C2CC2)C1. The molecule has 2 N–H and O–H groups in total. The van der Waals surface area contributed by atoms with Crippen LogP contribution in [-0.2, 0) is 0 Å². The summed E-state index contributed by atoms with van der Waals surface area (Å²) in [4.78, 5) is 5.36. The lowest BCUT2D eigenvalue weighted by Crippen LogP contribution is -2.56. The normalized spacial score (nSPS) is 31.2. The highest BCUT2D eigenvalue weighted by Crippen LogP contribution is 2.36. The molecule has 2 aliphatic rings. The molecule has 0 aromatic heterocycles. The predicted octanol–water partition coefficient (Wildman–Crippen LogP) is 1.92.